The first-order chi connectivity index (χ1) is 10.2. The lowest BCUT2D eigenvalue weighted by molar-refractivity contribution is -0.136. The molecule has 0 saturated heterocycles. The number of fused-ring (bicyclic) bond motifs is 1. The number of nitrogens with one attached hydrogen (secondary N) is 1. The molecule has 1 heterocycles. The van der Waals surface area contributed by atoms with Gasteiger partial charge in [0.25, 0.3) is 0 Å². The first-order valence-corrected chi connectivity index (χ1v) is 7.39. The van der Waals surface area contributed by atoms with Gasteiger partial charge in [-0.3, -0.25) is 0 Å². The molecular formula is C16H21F3N2O. The third kappa shape index (κ3) is 3.80. The fourth-order valence-corrected chi connectivity index (χ4v) is 2.17. The molecular weight excluding hydrogens is 293 g/mol. The topological polar surface area (TPSA) is 38.1 Å². The molecule has 0 radical (unpaired) electrons. The molecule has 0 fully saturated rings. The molecule has 2 aromatic rings. The van der Waals surface area contributed by atoms with Crippen molar-refractivity contribution in [3.8, 4) is 0 Å². The lowest BCUT2D eigenvalue weighted by atomic mass is 10.1. The molecule has 1 N–H and O–H groups in total. The van der Waals surface area contributed by atoms with Gasteiger partial charge in [0.05, 0.1) is 0 Å². The van der Waals surface area contributed by atoms with E-state index >= 15 is 0 Å². The molecule has 2 rings (SSSR count). The van der Waals surface area contributed by atoms with Gasteiger partial charge in [-0.2, -0.15) is 13.2 Å². The zero-order valence-corrected chi connectivity index (χ0v) is 13.2. The monoisotopic (exact) mass is 314 g/mol. The van der Waals surface area contributed by atoms with E-state index in [-0.39, 0.29) is 17.0 Å². The predicted molar refractivity (Wildman–Crippen MR) is 79.6 cm³/mol. The van der Waals surface area contributed by atoms with E-state index in [2.05, 4.69) is 10.3 Å². The third-order valence-electron chi connectivity index (χ3n) is 3.25. The number of aromatic nitrogens is 1. The predicted octanol–water partition coefficient (Wildman–Crippen LogP) is 4.72. The van der Waals surface area contributed by atoms with Crippen LogP contribution in [0.3, 0.4) is 0 Å². The Balaban J connectivity index is 2.43. The van der Waals surface area contributed by atoms with Crippen LogP contribution in [0.25, 0.3) is 11.1 Å². The summed E-state index contributed by atoms with van der Waals surface area (Å²) in [7, 11) is 0. The molecule has 1 aromatic heterocycles. The molecule has 0 saturated carbocycles. The standard InChI is InChI=1S/C16H21F3N2O/c1-9(2)7-20-8-11-5-12(16(17,18)19)14-13(6-11)21-15(22-14)10(3)4/h5-6,9-10,20H,7-8H2,1-4H3. The Hall–Kier alpha value is -1.56. The fourth-order valence-electron chi connectivity index (χ4n) is 2.17. The number of benzene rings is 1. The maximum Gasteiger partial charge on any atom is 0.420 e. The van der Waals surface area contributed by atoms with Crippen LogP contribution in [0.4, 0.5) is 13.2 Å². The summed E-state index contributed by atoms with van der Waals surface area (Å²) in [6.07, 6.45) is -4.46. The van der Waals surface area contributed by atoms with Crippen molar-refractivity contribution in [1.29, 1.82) is 0 Å². The summed E-state index contributed by atoms with van der Waals surface area (Å²) in [6.45, 7) is 8.89. The number of hydrogen-bond acceptors (Lipinski definition) is 3. The molecule has 122 valence electrons. The zero-order valence-electron chi connectivity index (χ0n) is 13.2. The van der Waals surface area contributed by atoms with E-state index < -0.39 is 11.7 Å². The van der Waals surface area contributed by atoms with Gasteiger partial charge in [0, 0.05) is 12.5 Å². The van der Waals surface area contributed by atoms with Crippen LogP contribution in [0.5, 0.6) is 0 Å². The summed E-state index contributed by atoms with van der Waals surface area (Å²) >= 11 is 0. The van der Waals surface area contributed by atoms with E-state index in [4.69, 9.17) is 4.42 Å². The van der Waals surface area contributed by atoms with Gasteiger partial charge in [0.2, 0.25) is 0 Å². The van der Waals surface area contributed by atoms with Gasteiger partial charge in [-0.15, -0.1) is 0 Å². The lowest BCUT2D eigenvalue weighted by Crippen LogP contribution is -2.19. The highest BCUT2D eigenvalue weighted by molar-refractivity contribution is 5.78. The van der Waals surface area contributed by atoms with Crippen molar-refractivity contribution in [2.75, 3.05) is 6.54 Å². The molecule has 0 amide bonds. The smallest absolute Gasteiger partial charge is 0.420 e. The van der Waals surface area contributed by atoms with Gasteiger partial charge < -0.3 is 9.73 Å². The Morgan fingerprint density at radius 2 is 1.86 bits per heavy atom. The van der Waals surface area contributed by atoms with Gasteiger partial charge in [0.1, 0.15) is 11.1 Å². The number of hydrogen-bond donors (Lipinski definition) is 1. The van der Waals surface area contributed by atoms with E-state index in [1.54, 1.807) is 6.07 Å². The second kappa shape index (κ2) is 6.28. The van der Waals surface area contributed by atoms with Crippen molar-refractivity contribution in [2.24, 2.45) is 5.92 Å². The molecule has 0 spiro atoms. The van der Waals surface area contributed by atoms with Crippen LogP contribution in [0.2, 0.25) is 0 Å². The molecule has 0 aliphatic rings. The van der Waals surface area contributed by atoms with Crippen molar-refractivity contribution in [2.45, 2.75) is 46.3 Å². The molecule has 22 heavy (non-hydrogen) atoms. The van der Waals surface area contributed by atoms with E-state index in [1.807, 2.05) is 27.7 Å². The first kappa shape index (κ1) is 16.8. The van der Waals surface area contributed by atoms with E-state index in [0.717, 1.165) is 12.6 Å². The van der Waals surface area contributed by atoms with Crippen LogP contribution in [0.15, 0.2) is 16.5 Å². The Bertz CT molecular complexity index is 645. The average Bonchev–Trinajstić information content (AvgIpc) is 2.80. The summed E-state index contributed by atoms with van der Waals surface area (Å²) in [5.74, 6) is 0.703. The summed E-state index contributed by atoms with van der Waals surface area (Å²) < 4.78 is 45.1. The number of halogens is 3. The number of alkyl halides is 3. The molecule has 0 unspecified atom stereocenters. The van der Waals surface area contributed by atoms with Crippen molar-refractivity contribution in [3.05, 3.63) is 29.2 Å². The van der Waals surface area contributed by atoms with Crippen LogP contribution in [0, 0.1) is 5.92 Å². The molecule has 3 nitrogen and oxygen atoms in total. The molecule has 0 atom stereocenters. The van der Waals surface area contributed by atoms with Gasteiger partial charge in [0.15, 0.2) is 11.5 Å². The Morgan fingerprint density at radius 1 is 1.18 bits per heavy atom. The second-order valence-electron chi connectivity index (χ2n) is 6.22. The number of rotatable bonds is 5. The van der Waals surface area contributed by atoms with Crippen molar-refractivity contribution >= 4 is 11.1 Å². The summed E-state index contributed by atoms with van der Waals surface area (Å²) in [5, 5.41) is 3.15. The summed E-state index contributed by atoms with van der Waals surface area (Å²) in [5.41, 5.74) is -0.112. The highest BCUT2D eigenvalue weighted by Crippen LogP contribution is 2.37. The number of nitrogens with zero attached hydrogens (tertiary/aromatic N) is 1. The zero-order chi connectivity index (χ0) is 16.5. The van der Waals surface area contributed by atoms with Crippen LogP contribution >= 0.6 is 0 Å². The second-order valence-corrected chi connectivity index (χ2v) is 6.22. The SMILES string of the molecule is CC(C)CNCc1cc(C(F)(F)F)c2oc(C(C)C)nc2c1. The Morgan fingerprint density at radius 3 is 2.41 bits per heavy atom. The first-order valence-electron chi connectivity index (χ1n) is 7.39. The fraction of sp³-hybridized carbons (Fsp3) is 0.562. The van der Waals surface area contributed by atoms with Crippen LogP contribution in [-0.4, -0.2) is 11.5 Å². The van der Waals surface area contributed by atoms with E-state index in [0.29, 0.717) is 23.9 Å². The Labute approximate surface area is 127 Å². The summed E-state index contributed by atoms with van der Waals surface area (Å²) in [6, 6.07) is 2.80. The molecule has 0 aliphatic heterocycles. The maximum absolute atomic E-state index is 13.3. The van der Waals surface area contributed by atoms with Crippen LogP contribution < -0.4 is 5.32 Å². The molecule has 0 aliphatic carbocycles. The molecule has 0 bridgehead atoms. The minimum atomic E-state index is -4.46. The van der Waals surface area contributed by atoms with E-state index in [1.165, 1.54) is 0 Å². The Kier molecular flexibility index (Phi) is 4.80. The normalized spacial score (nSPS) is 12.8. The third-order valence-corrected chi connectivity index (χ3v) is 3.25. The van der Waals surface area contributed by atoms with Gasteiger partial charge in [-0.25, -0.2) is 4.98 Å². The lowest BCUT2D eigenvalue weighted by Gasteiger charge is -2.11. The molecule has 6 heteroatoms. The minimum Gasteiger partial charge on any atom is -0.440 e. The highest BCUT2D eigenvalue weighted by Gasteiger charge is 2.35. The van der Waals surface area contributed by atoms with Crippen molar-refractivity contribution in [3.63, 3.8) is 0 Å². The number of oxazole rings is 1. The highest BCUT2D eigenvalue weighted by atomic mass is 19.4. The van der Waals surface area contributed by atoms with Crippen LogP contribution in [-0.2, 0) is 12.7 Å². The van der Waals surface area contributed by atoms with E-state index in [9.17, 15) is 13.2 Å². The summed E-state index contributed by atoms with van der Waals surface area (Å²) in [4.78, 5) is 4.20. The van der Waals surface area contributed by atoms with Crippen molar-refractivity contribution < 1.29 is 17.6 Å². The molecule has 1 aromatic carbocycles. The van der Waals surface area contributed by atoms with Gasteiger partial charge in [-0.05, 0) is 30.2 Å². The quantitative estimate of drug-likeness (QED) is 0.868. The van der Waals surface area contributed by atoms with Crippen LogP contribution in [0.1, 0.15) is 50.6 Å². The van der Waals surface area contributed by atoms with Gasteiger partial charge >= 0.3 is 6.18 Å². The largest absolute Gasteiger partial charge is 0.440 e. The van der Waals surface area contributed by atoms with Gasteiger partial charge in [-0.1, -0.05) is 27.7 Å². The average molecular weight is 314 g/mol. The van der Waals surface area contributed by atoms with Crippen molar-refractivity contribution in [1.82, 2.24) is 10.3 Å². The maximum atomic E-state index is 13.3. The minimum absolute atomic E-state index is 0.0593.